The highest BCUT2D eigenvalue weighted by molar-refractivity contribution is 5.45. The molecule has 0 saturated carbocycles. The maximum atomic E-state index is 10.8. The molecular weight excluding hydrogens is 264 g/mol. The molecule has 0 aliphatic heterocycles. The summed E-state index contributed by atoms with van der Waals surface area (Å²) in [7, 11) is 0. The molecule has 0 heterocycles. The van der Waals surface area contributed by atoms with Gasteiger partial charge in [-0.3, -0.25) is 20.2 Å². The van der Waals surface area contributed by atoms with Gasteiger partial charge in [0.25, 0.3) is 5.69 Å². The van der Waals surface area contributed by atoms with Gasteiger partial charge in [-0.1, -0.05) is 12.1 Å². The molecule has 7 heteroatoms. The van der Waals surface area contributed by atoms with Crippen LogP contribution in [0.25, 0.3) is 0 Å². The number of ether oxygens (including phenoxy) is 1. The zero-order chi connectivity index (χ0) is 14.5. The van der Waals surface area contributed by atoms with Gasteiger partial charge in [-0.25, -0.2) is 0 Å². The summed E-state index contributed by atoms with van der Waals surface area (Å²) in [6, 6.07) is 11.9. The Morgan fingerprint density at radius 3 is 2.15 bits per heavy atom. The van der Waals surface area contributed by atoms with Crippen LogP contribution in [0.4, 0.5) is 11.4 Å². The molecule has 20 heavy (non-hydrogen) atoms. The number of hydrogen-bond donors (Lipinski definition) is 0. The Hall–Kier alpha value is -2.96. The lowest BCUT2D eigenvalue weighted by Crippen LogP contribution is -1.99. The minimum atomic E-state index is -0.523. The molecule has 0 aromatic heterocycles. The first-order chi connectivity index (χ1) is 9.58. The minimum absolute atomic E-state index is 0.0144. The van der Waals surface area contributed by atoms with Crippen molar-refractivity contribution >= 4 is 11.4 Å². The molecule has 0 N–H and O–H groups in total. The van der Waals surface area contributed by atoms with Crippen LogP contribution in [0.2, 0.25) is 0 Å². The zero-order valence-electron chi connectivity index (χ0n) is 10.3. The second-order valence-corrected chi connectivity index (χ2v) is 3.94. The van der Waals surface area contributed by atoms with Crippen LogP contribution in [0.3, 0.4) is 0 Å². The van der Waals surface area contributed by atoms with Gasteiger partial charge in [-0.2, -0.15) is 0 Å². The standard InChI is InChI=1S/C13H10N2O5/c16-14(17)11-7-5-10(6-8-11)9-20-13-4-2-1-3-12(13)15(18)19/h1-8H,9H2. The molecular formula is C13H10N2O5. The largest absolute Gasteiger partial charge is 0.482 e. The third-order valence-electron chi connectivity index (χ3n) is 2.60. The van der Waals surface area contributed by atoms with Crippen molar-refractivity contribution < 1.29 is 14.6 Å². The summed E-state index contributed by atoms with van der Waals surface area (Å²) < 4.78 is 5.37. The van der Waals surface area contributed by atoms with E-state index in [2.05, 4.69) is 0 Å². The Kier molecular flexibility index (Phi) is 3.90. The van der Waals surface area contributed by atoms with Crippen molar-refractivity contribution in [3.05, 3.63) is 74.3 Å². The van der Waals surface area contributed by atoms with Gasteiger partial charge in [-0.15, -0.1) is 0 Å². The number of nitro groups is 2. The first-order valence-electron chi connectivity index (χ1n) is 5.67. The number of rotatable bonds is 5. The molecule has 0 amide bonds. The number of nitro benzene ring substituents is 2. The monoisotopic (exact) mass is 274 g/mol. The van der Waals surface area contributed by atoms with Crippen LogP contribution in [0, 0.1) is 20.2 Å². The van der Waals surface area contributed by atoms with Crippen molar-refractivity contribution in [2.75, 3.05) is 0 Å². The lowest BCUT2D eigenvalue weighted by molar-refractivity contribution is -0.386. The third kappa shape index (κ3) is 3.08. The van der Waals surface area contributed by atoms with Crippen molar-refractivity contribution in [2.45, 2.75) is 6.61 Å². The number of para-hydroxylation sites is 2. The molecule has 7 nitrogen and oxygen atoms in total. The summed E-state index contributed by atoms with van der Waals surface area (Å²) in [5, 5.41) is 21.3. The van der Waals surface area contributed by atoms with Gasteiger partial charge in [0, 0.05) is 18.2 Å². The van der Waals surface area contributed by atoms with Gasteiger partial charge in [0.1, 0.15) is 6.61 Å². The Balaban J connectivity index is 2.09. The molecule has 0 saturated heterocycles. The van der Waals surface area contributed by atoms with Crippen LogP contribution in [-0.4, -0.2) is 9.85 Å². The van der Waals surface area contributed by atoms with Crippen molar-refractivity contribution in [1.29, 1.82) is 0 Å². The van der Waals surface area contributed by atoms with Gasteiger partial charge < -0.3 is 4.74 Å². The average molecular weight is 274 g/mol. The highest BCUT2D eigenvalue weighted by Gasteiger charge is 2.13. The van der Waals surface area contributed by atoms with E-state index in [4.69, 9.17) is 4.74 Å². The maximum Gasteiger partial charge on any atom is 0.310 e. The molecule has 0 fully saturated rings. The van der Waals surface area contributed by atoms with Crippen LogP contribution in [0.1, 0.15) is 5.56 Å². The third-order valence-corrected chi connectivity index (χ3v) is 2.60. The quantitative estimate of drug-likeness (QED) is 0.616. The summed E-state index contributed by atoms with van der Waals surface area (Å²) in [6.07, 6.45) is 0. The fourth-order valence-corrected chi connectivity index (χ4v) is 1.61. The molecule has 0 radical (unpaired) electrons. The molecule has 102 valence electrons. The van der Waals surface area contributed by atoms with Crippen LogP contribution in [-0.2, 0) is 6.61 Å². The van der Waals surface area contributed by atoms with Gasteiger partial charge in [0.2, 0.25) is 0 Å². The highest BCUT2D eigenvalue weighted by atomic mass is 16.6. The van der Waals surface area contributed by atoms with E-state index in [1.165, 1.54) is 24.3 Å². The molecule has 2 aromatic carbocycles. The molecule has 0 aliphatic rings. The summed E-state index contributed by atoms with van der Waals surface area (Å²) in [5.41, 5.74) is 0.558. The Morgan fingerprint density at radius 2 is 1.55 bits per heavy atom. The summed E-state index contributed by atoms with van der Waals surface area (Å²) in [6.45, 7) is 0.100. The van der Waals surface area contributed by atoms with E-state index < -0.39 is 9.85 Å². The molecule has 2 aromatic rings. The topological polar surface area (TPSA) is 95.5 Å². The number of non-ortho nitro benzene ring substituents is 1. The predicted molar refractivity (Wildman–Crippen MR) is 70.5 cm³/mol. The van der Waals surface area contributed by atoms with E-state index >= 15 is 0 Å². The predicted octanol–water partition coefficient (Wildman–Crippen LogP) is 3.08. The summed E-state index contributed by atoms with van der Waals surface area (Å²) in [5.74, 6) is 0.163. The molecule has 0 unspecified atom stereocenters. The Morgan fingerprint density at radius 1 is 0.900 bits per heavy atom. The molecule has 2 rings (SSSR count). The molecule has 0 bridgehead atoms. The van der Waals surface area contributed by atoms with Crippen molar-refractivity contribution in [2.24, 2.45) is 0 Å². The fraction of sp³-hybridized carbons (Fsp3) is 0.0769. The van der Waals surface area contributed by atoms with Crippen LogP contribution in [0.15, 0.2) is 48.5 Å². The number of benzene rings is 2. The lowest BCUT2D eigenvalue weighted by Gasteiger charge is -2.06. The maximum absolute atomic E-state index is 10.8. The van der Waals surface area contributed by atoms with Gasteiger partial charge in [0.05, 0.1) is 9.85 Å². The minimum Gasteiger partial charge on any atom is -0.482 e. The molecule has 0 aliphatic carbocycles. The fourth-order valence-electron chi connectivity index (χ4n) is 1.61. The van der Waals surface area contributed by atoms with E-state index in [1.54, 1.807) is 24.3 Å². The van der Waals surface area contributed by atoms with E-state index in [0.717, 1.165) is 0 Å². The van der Waals surface area contributed by atoms with Crippen LogP contribution in [0.5, 0.6) is 5.75 Å². The lowest BCUT2D eigenvalue weighted by atomic mass is 10.2. The van der Waals surface area contributed by atoms with E-state index in [-0.39, 0.29) is 23.7 Å². The second kappa shape index (κ2) is 5.79. The Bertz CT molecular complexity index is 639. The molecule has 0 spiro atoms. The van der Waals surface area contributed by atoms with Crippen molar-refractivity contribution in [3.8, 4) is 5.75 Å². The normalized spacial score (nSPS) is 10.0. The highest BCUT2D eigenvalue weighted by Crippen LogP contribution is 2.26. The van der Waals surface area contributed by atoms with Crippen LogP contribution < -0.4 is 4.74 Å². The van der Waals surface area contributed by atoms with Gasteiger partial charge >= 0.3 is 5.69 Å². The van der Waals surface area contributed by atoms with Crippen molar-refractivity contribution in [3.63, 3.8) is 0 Å². The van der Waals surface area contributed by atoms with Crippen molar-refractivity contribution in [1.82, 2.24) is 0 Å². The van der Waals surface area contributed by atoms with Gasteiger partial charge in [-0.05, 0) is 23.8 Å². The summed E-state index contributed by atoms with van der Waals surface area (Å²) >= 11 is 0. The SMILES string of the molecule is O=[N+]([O-])c1ccc(COc2ccccc2[N+](=O)[O-])cc1. The average Bonchev–Trinajstić information content (AvgIpc) is 2.45. The number of hydrogen-bond acceptors (Lipinski definition) is 5. The van der Waals surface area contributed by atoms with E-state index in [9.17, 15) is 20.2 Å². The first kappa shape index (κ1) is 13.5. The number of nitrogens with zero attached hydrogens (tertiary/aromatic N) is 2. The summed E-state index contributed by atoms with van der Waals surface area (Å²) in [4.78, 5) is 20.3. The molecule has 0 atom stereocenters. The Labute approximate surface area is 113 Å². The van der Waals surface area contributed by atoms with Crippen LogP contribution >= 0.6 is 0 Å². The second-order valence-electron chi connectivity index (χ2n) is 3.94. The smallest absolute Gasteiger partial charge is 0.310 e. The van der Waals surface area contributed by atoms with E-state index in [1.807, 2.05) is 0 Å². The first-order valence-corrected chi connectivity index (χ1v) is 5.67. The zero-order valence-corrected chi connectivity index (χ0v) is 10.3. The van der Waals surface area contributed by atoms with Gasteiger partial charge in [0.15, 0.2) is 5.75 Å². The van der Waals surface area contributed by atoms with E-state index in [0.29, 0.717) is 5.56 Å².